The van der Waals surface area contributed by atoms with Gasteiger partial charge in [0, 0.05) is 0 Å². The lowest BCUT2D eigenvalue weighted by Gasteiger charge is -1.95. The molecule has 0 spiro atoms. The van der Waals surface area contributed by atoms with Crippen molar-refractivity contribution in [3.63, 3.8) is 0 Å². The summed E-state index contributed by atoms with van der Waals surface area (Å²) < 4.78 is 5.06. The highest BCUT2D eigenvalue weighted by atomic mass is 16.5. The third-order valence-corrected chi connectivity index (χ3v) is 1.75. The Morgan fingerprint density at radius 3 is 2.58 bits per heavy atom. The number of allylic oxidation sites excluding steroid dienone is 4. The molecule has 0 saturated heterocycles. The standard InChI is InChI=1S/C9H13BO2/c1-3-5-8-7-12-10(11)9(8)6-4-2/h3-6,11H,7H2,1-2H3/b5-3-,6-4-. The highest BCUT2D eigenvalue weighted by molar-refractivity contribution is 6.54. The van der Waals surface area contributed by atoms with E-state index in [-0.39, 0.29) is 0 Å². The van der Waals surface area contributed by atoms with Crippen LogP contribution in [0.4, 0.5) is 0 Å². The fourth-order valence-electron chi connectivity index (χ4n) is 1.21. The van der Waals surface area contributed by atoms with E-state index >= 15 is 0 Å². The maximum atomic E-state index is 9.35. The zero-order valence-corrected chi connectivity index (χ0v) is 7.45. The van der Waals surface area contributed by atoms with Crippen molar-refractivity contribution < 1.29 is 9.68 Å². The van der Waals surface area contributed by atoms with Gasteiger partial charge in [0.15, 0.2) is 0 Å². The van der Waals surface area contributed by atoms with Gasteiger partial charge in [0.2, 0.25) is 0 Å². The first-order valence-electron chi connectivity index (χ1n) is 4.07. The Morgan fingerprint density at radius 2 is 2.00 bits per heavy atom. The second kappa shape index (κ2) is 4.29. The minimum atomic E-state index is -0.743. The van der Waals surface area contributed by atoms with Crippen molar-refractivity contribution in [2.45, 2.75) is 13.8 Å². The van der Waals surface area contributed by atoms with Gasteiger partial charge in [-0.25, -0.2) is 0 Å². The molecule has 12 heavy (non-hydrogen) atoms. The van der Waals surface area contributed by atoms with E-state index in [9.17, 15) is 5.02 Å². The lowest BCUT2D eigenvalue weighted by atomic mass is 9.78. The van der Waals surface area contributed by atoms with Crippen molar-refractivity contribution in [3.05, 3.63) is 35.3 Å². The SMILES string of the molecule is C/C=C\C1=C(/C=C\C)B(O)OC1. The normalized spacial score (nSPS) is 19.1. The predicted molar refractivity (Wildman–Crippen MR) is 50.6 cm³/mol. The van der Waals surface area contributed by atoms with Crippen LogP contribution in [0, 0.1) is 0 Å². The van der Waals surface area contributed by atoms with E-state index in [2.05, 4.69) is 0 Å². The molecule has 0 aromatic heterocycles. The van der Waals surface area contributed by atoms with Crippen LogP contribution in [0.2, 0.25) is 0 Å². The maximum absolute atomic E-state index is 9.35. The van der Waals surface area contributed by atoms with Crippen LogP contribution in [0.5, 0.6) is 0 Å². The summed E-state index contributed by atoms with van der Waals surface area (Å²) in [5.41, 5.74) is 1.93. The quantitative estimate of drug-likeness (QED) is 0.626. The molecule has 0 saturated carbocycles. The van der Waals surface area contributed by atoms with Gasteiger partial charge in [-0.2, -0.15) is 0 Å². The van der Waals surface area contributed by atoms with Crippen molar-refractivity contribution in [3.8, 4) is 0 Å². The first kappa shape index (κ1) is 9.29. The number of rotatable bonds is 2. The third kappa shape index (κ3) is 1.87. The van der Waals surface area contributed by atoms with E-state index in [1.165, 1.54) is 0 Å². The molecule has 0 aromatic rings. The van der Waals surface area contributed by atoms with Gasteiger partial charge < -0.3 is 9.68 Å². The molecule has 0 bridgehead atoms. The van der Waals surface area contributed by atoms with Gasteiger partial charge in [0.25, 0.3) is 0 Å². The van der Waals surface area contributed by atoms with E-state index in [1.807, 2.05) is 38.2 Å². The van der Waals surface area contributed by atoms with Crippen molar-refractivity contribution in [1.29, 1.82) is 0 Å². The molecule has 2 nitrogen and oxygen atoms in total. The first-order valence-corrected chi connectivity index (χ1v) is 4.07. The molecule has 1 N–H and O–H groups in total. The molecule has 1 heterocycles. The molecule has 0 aliphatic carbocycles. The fraction of sp³-hybridized carbons (Fsp3) is 0.333. The van der Waals surface area contributed by atoms with E-state index in [4.69, 9.17) is 4.65 Å². The molecule has 0 radical (unpaired) electrons. The van der Waals surface area contributed by atoms with Gasteiger partial charge in [-0.15, -0.1) is 0 Å². The molecule has 1 aliphatic heterocycles. The Morgan fingerprint density at radius 1 is 1.33 bits per heavy atom. The number of hydrogen-bond acceptors (Lipinski definition) is 2. The van der Waals surface area contributed by atoms with Crippen LogP contribution >= 0.6 is 0 Å². The zero-order valence-electron chi connectivity index (χ0n) is 7.45. The molecule has 0 aromatic carbocycles. The van der Waals surface area contributed by atoms with Gasteiger partial charge in [-0.1, -0.05) is 24.3 Å². The molecular weight excluding hydrogens is 151 g/mol. The van der Waals surface area contributed by atoms with E-state index < -0.39 is 7.12 Å². The first-order chi connectivity index (χ1) is 5.79. The molecule has 64 valence electrons. The summed E-state index contributed by atoms with van der Waals surface area (Å²) in [6.07, 6.45) is 7.69. The van der Waals surface area contributed by atoms with Crippen LogP contribution in [0.15, 0.2) is 35.3 Å². The van der Waals surface area contributed by atoms with Crippen LogP contribution in [0.1, 0.15) is 13.8 Å². The molecule has 0 fully saturated rings. The molecule has 3 heteroatoms. The third-order valence-electron chi connectivity index (χ3n) is 1.75. The summed E-state index contributed by atoms with van der Waals surface area (Å²) >= 11 is 0. The molecule has 0 amide bonds. The van der Waals surface area contributed by atoms with Crippen LogP contribution in [-0.2, 0) is 4.65 Å². The van der Waals surface area contributed by atoms with Crippen molar-refractivity contribution in [2.24, 2.45) is 0 Å². The van der Waals surface area contributed by atoms with Crippen LogP contribution in [0.25, 0.3) is 0 Å². The molecule has 1 rings (SSSR count). The van der Waals surface area contributed by atoms with Gasteiger partial charge >= 0.3 is 7.12 Å². The van der Waals surface area contributed by atoms with Crippen LogP contribution in [-0.4, -0.2) is 18.7 Å². The summed E-state index contributed by atoms with van der Waals surface area (Å²) in [5, 5.41) is 9.35. The smallest absolute Gasteiger partial charge is 0.423 e. The highest BCUT2D eigenvalue weighted by Gasteiger charge is 2.26. The van der Waals surface area contributed by atoms with E-state index in [1.54, 1.807) is 0 Å². The predicted octanol–water partition coefficient (Wildman–Crippen LogP) is 1.49. The van der Waals surface area contributed by atoms with Crippen molar-refractivity contribution in [2.75, 3.05) is 6.61 Å². The molecular formula is C9H13BO2. The molecule has 1 aliphatic rings. The molecule has 0 unspecified atom stereocenters. The second-order valence-electron chi connectivity index (χ2n) is 2.64. The lowest BCUT2D eigenvalue weighted by molar-refractivity contribution is 0.311. The summed E-state index contributed by atoms with van der Waals surface area (Å²) in [7, 11) is -0.743. The maximum Gasteiger partial charge on any atom is 0.491 e. The summed E-state index contributed by atoms with van der Waals surface area (Å²) in [5.74, 6) is 0. The second-order valence-corrected chi connectivity index (χ2v) is 2.64. The lowest BCUT2D eigenvalue weighted by Crippen LogP contribution is -2.13. The van der Waals surface area contributed by atoms with Crippen LogP contribution in [0.3, 0.4) is 0 Å². The zero-order chi connectivity index (χ0) is 8.97. The largest absolute Gasteiger partial charge is 0.491 e. The Balaban J connectivity index is 2.89. The Hall–Kier alpha value is -0.795. The Bertz CT molecular complexity index is 241. The van der Waals surface area contributed by atoms with E-state index in [0.29, 0.717) is 6.61 Å². The molecule has 0 atom stereocenters. The van der Waals surface area contributed by atoms with E-state index in [0.717, 1.165) is 11.0 Å². The average Bonchev–Trinajstić information content (AvgIpc) is 2.37. The van der Waals surface area contributed by atoms with Gasteiger partial charge in [0.1, 0.15) is 0 Å². The minimum absolute atomic E-state index is 0.505. The minimum Gasteiger partial charge on any atom is -0.423 e. The Labute approximate surface area is 73.4 Å². The van der Waals surface area contributed by atoms with Gasteiger partial charge in [0.05, 0.1) is 6.61 Å². The van der Waals surface area contributed by atoms with Gasteiger partial charge in [-0.3, -0.25) is 0 Å². The highest BCUT2D eigenvalue weighted by Crippen LogP contribution is 2.19. The monoisotopic (exact) mass is 164 g/mol. The van der Waals surface area contributed by atoms with Crippen molar-refractivity contribution in [1.82, 2.24) is 0 Å². The van der Waals surface area contributed by atoms with Gasteiger partial charge in [-0.05, 0) is 24.9 Å². The topological polar surface area (TPSA) is 29.5 Å². The summed E-state index contributed by atoms with van der Waals surface area (Å²) in [6.45, 7) is 4.38. The summed E-state index contributed by atoms with van der Waals surface area (Å²) in [4.78, 5) is 0. The number of hydrogen-bond donors (Lipinski definition) is 1. The van der Waals surface area contributed by atoms with Crippen LogP contribution < -0.4 is 0 Å². The fourth-order valence-corrected chi connectivity index (χ4v) is 1.21. The van der Waals surface area contributed by atoms with Crippen molar-refractivity contribution >= 4 is 7.12 Å². The Kier molecular flexibility index (Phi) is 3.32. The average molecular weight is 164 g/mol. The summed E-state index contributed by atoms with van der Waals surface area (Å²) in [6, 6.07) is 0.